The summed E-state index contributed by atoms with van der Waals surface area (Å²) in [7, 11) is 0. The molecule has 0 aliphatic rings. The molecule has 0 aliphatic heterocycles. The molecule has 0 amide bonds. The van der Waals surface area contributed by atoms with E-state index < -0.39 is 0 Å². The molecule has 0 saturated carbocycles. The third-order valence-electron chi connectivity index (χ3n) is 1.69. The molecule has 56 valence electrons. The van der Waals surface area contributed by atoms with Gasteiger partial charge in [0.25, 0.3) is 0 Å². The standard InChI is InChI=1S/C7H17NO/c1-6(7(2)9)4-3-5-8/h6-7,9H,3-5,8H2,1-2H3. The van der Waals surface area contributed by atoms with Gasteiger partial charge in [-0.2, -0.15) is 0 Å². The van der Waals surface area contributed by atoms with Gasteiger partial charge in [-0.15, -0.1) is 0 Å². The number of hydrogen-bond acceptors (Lipinski definition) is 2. The van der Waals surface area contributed by atoms with Crippen LogP contribution >= 0.6 is 0 Å². The lowest BCUT2D eigenvalue weighted by Gasteiger charge is -2.12. The van der Waals surface area contributed by atoms with Crippen LogP contribution < -0.4 is 5.73 Å². The van der Waals surface area contributed by atoms with E-state index in [4.69, 9.17) is 10.8 Å². The van der Waals surface area contributed by atoms with E-state index in [-0.39, 0.29) is 6.10 Å². The molecule has 2 unspecified atom stereocenters. The van der Waals surface area contributed by atoms with Crippen LogP contribution in [-0.2, 0) is 0 Å². The Bertz CT molecular complexity index is 63.9. The maximum atomic E-state index is 9.01. The minimum absolute atomic E-state index is 0.184. The maximum Gasteiger partial charge on any atom is 0.0537 e. The third-order valence-corrected chi connectivity index (χ3v) is 1.69. The van der Waals surface area contributed by atoms with Gasteiger partial charge >= 0.3 is 0 Å². The number of rotatable bonds is 4. The summed E-state index contributed by atoms with van der Waals surface area (Å²) < 4.78 is 0. The van der Waals surface area contributed by atoms with Crippen LogP contribution in [0.5, 0.6) is 0 Å². The first kappa shape index (κ1) is 8.92. The summed E-state index contributed by atoms with van der Waals surface area (Å²) in [5.74, 6) is 0.397. The van der Waals surface area contributed by atoms with Gasteiger partial charge in [0, 0.05) is 0 Å². The van der Waals surface area contributed by atoms with Gasteiger partial charge in [0.2, 0.25) is 0 Å². The second kappa shape index (κ2) is 4.77. The highest BCUT2D eigenvalue weighted by Crippen LogP contribution is 2.08. The fourth-order valence-corrected chi connectivity index (χ4v) is 0.681. The SMILES string of the molecule is CC(O)C(C)CCCN. The van der Waals surface area contributed by atoms with Gasteiger partial charge in [-0.05, 0) is 32.2 Å². The molecule has 0 spiro atoms. The maximum absolute atomic E-state index is 9.01. The quantitative estimate of drug-likeness (QED) is 0.591. The van der Waals surface area contributed by atoms with Crippen LogP contribution in [0.3, 0.4) is 0 Å². The Morgan fingerprint density at radius 2 is 2.00 bits per heavy atom. The van der Waals surface area contributed by atoms with Crippen LogP contribution in [0.4, 0.5) is 0 Å². The second-order valence-corrected chi connectivity index (χ2v) is 2.65. The molecular formula is C7H17NO. The summed E-state index contributed by atoms with van der Waals surface area (Å²) in [6.07, 6.45) is 1.87. The van der Waals surface area contributed by atoms with E-state index in [9.17, 15) is 0 Å². The van der Waals surface area contributed by atoms with Crippen LogP contribution in [0.2, 0.25) is 0 Å². The van der Waals surface area contributed by atoms with Crippen molar-refractivity contribution in [2.75, 3.05) is 6.54 Å². The topological polar surface area (TPSA) is 46.2 Å². The van der Waals surface area contributed by atoms with Crippen LogP contribution in [0.15, 0.2) is 0 Å². The average Bonchev–Trinajstić information content (AvgIpc) is 1.82. The molecule has 0 saturated heterocycles. The fraction of sp³-hybridized carbons (Fsp3) is 1.00. The highest BCUT2D eigenvalue weighted by atomic mass is 16.3. The predicted molar refractivity (Wildman–Crippen MR) is 39.1 cm³/mol. The molecule has 0 aliphatic carbocycles. The number of nitrogens with two attached hydrogens (primary N) is 1. The van der Waals surface area contributed by atoms with Crippen molar-refractivity contribution in [1.82, 2.24) is 0 Å². The molecule has 0 heterocycles. The Labute approximate surface area is 57.1 Å². The highest BCUT2D eigenvalue weighted by molar-refractivity contribution is 4.58. The Balaban J connectivity index is 3.16. The Hall–Kier alpha value is -0.0800. The molecule has 3 N–H and O–H groups in total. The Kier molecular flexibility index (Phi) is 4.72. The van der Waals surface area contributed by atoms with Gasteiger partial charge in [-0.25, -0.2) is 0 Å². The van der Waals surface area contributed by atoms with Crippen LogP contribution in [0.25, 0.3) is 0 Å². The van der Waals surface area contributed by atoms with E-state index in [1.54, 1.807) is 0 Å². The molecule has 0 radical (unpaired) electrons. The van der Waals surface area contributed by atoms with Crippen molar-refractivity contribution in [2.45, 2.75) is 32.8 Å². The van der Waals surface area contributed by atoms with Crippen LogP contribution in [-0.4, -0.2) is 17.8 Å². The van der Waals surface area contributed by atoms with Gasteiger partial charge in [-0.1, -0.05) is 6.92 Å². The van der Waals surface area contributed by atoms with Crippen LogP contribution in [0, 0.1) is 5.92 Å². The van der Waals surface area contributed by atoms with Crippen molar-refractivity contribution >= 4 is 0 Å². The lowest BCUT2D eigenvalue weighted by molar-refractivity contribution is 0.129. The van der Waals surface area contributed by atoms with E-state index >= 15 is 0 Å². The number of aliphatic hydroxyl groups excluding tert-OH is 1. The van der Waals surface area contributed by atoms with Gasteiger partial charge in [-0.3, -0.25) is 0 Å². The minimum Gasteiger partial charge on any atom is -0.393 e. The molecule has 2 atom stereocenters. The zero-order valence-corrected chi connectivity index (χ0v) is 6.30. The minimum atomic E-state index is -0.184. The lowest BCUT2D eigenvalue weighted by Crippen LogP contribution is -2.14. The zero-order chi connectivity index (χ0) is 7.28. The van der Waals surface area contributed by atoms with Crippen LogP contribution in [0.1, 0.15) is 26.7 Å². The van der Waals surface area contributed by atoms with E-state index in [2.05, 4.69) is 0 Å². The molecular weight excluding hydrogens is 114 g/mol. The molecule has 2 nitrogen and oxygen atoms in total. The fourth-order valence-electron chi connectivity index (χ4n) is 0.681. The van der Waals surface area contributed by atoms with E-state index in [1.807, 2.05) is 13.8 Å². The first-order valence-corrected chi connectivity index (χ1v) is 3.56. The summed E-state index contributed by atoms with van der Waals surface area (Å²) in [5.41, 5.74) is 5.30. The van der Waals surface area contributed by atoms with Crippen molar-refractivity contribution in [3.8, 4) is 0 Å². The lowest BCUT2D eigenvalue weighted by atomic mass is 10.0. The number of hydrogen-bond donors (Lipinski definition) is 2. The van der Waals surface area contributed by atoms with Gasteiger partial charge in [0.15, 0.2) is 0 Å². The van der Waals surface area contributed by atoms with Crippen molar-refractivity contribution in [3.63, 3.8) is 0 Å². The van der Waals surface area contributed by atoms with E-state index in [1.165, 1.54) is 0 Å². The first-order chi connectivity index (χ1) is 4.18. The van der Waals surface area contributed by atoms with Crippen molar-refractivity contribution in [2.24, 2.45) is 11.7 Å². The summed E-state index contributed by atoms with van der Waals surface area (Å²) in [4.78, 5) is 0. The summed E-state index contributed by atoms with van der Waals surface area (Å²) in [5, 5.41) is 9.01. The first-order valence-electron chi connectivity index (χ1n) is 3.56. The van der Waals surface area contributed by atoms with E-state index in [0.717, 1.165) is 19.4 Å². The highest BCUT2D eigenvalue weighted by Gasteiger charge is 2.06. The molecule has 0 fully saturated rings. The number of aliphatic hydroxyl groups is 1. The molecule has 0 rings (SSSR count). The molecule has 0 aromatic heterocycles. The summed E-state index contributed by atoms with van der Waals surface area (Å²) in [6.45, 7) is 4.60. The van der Waals surface area contributed by atoms with Gasteiger partial charge in [0.1, 0.15) is 0 Å². The zero-order valence-electron chi connectivity index (χ0n) is 6.30. The molecule has 0 bridgehead atoms. The van der Waals surface area contributed by atoms with Crippen molar-refractivity contribution in [3.05, 3.63) is 0 Å². The molecule has 0 aromatic carbocycles. The Morgan fingerprint density at radius 3 is 2.33 bits per heavy atom. The normalized spacial score (nSPS) is 17.3. The smallest absolute Gasteiger partial charge is 0.0537 e. The van der Waals surface area contributed by atoms with Gasteiger partial charge in [0.05, 0.1) is 6.10 Å². The summed E-state index contributed by atoms with van der Waals surface area (Å²) >= 11 is 0. The predicted octanol–water partition coefficient (Wildman–Crippen LogP) is 0.742. The Morgan fingerprint density at radius 1 is 1.44 bits per heavy atom. The molecule has 0 aromatic rings. The van der Waals surface area contributed by atoms with Crippen molar-refractivity contribution in [1.29, 1.82) is 0 Å². The molecule has 9 heavy (non-hydrogen) atoms. The largest absolute Gasteiger partial charge is 0.393 e. The van der Waals surface area contributed by atoms with E-state index in [0.29, 0.717) is 5.92 Å². The molecule has 2 heteroatoms. The monoisotopic (exact) mass is 131 g/mol. The second-order valence-electron chi connectivity index (χ2n) is 2.65. The van der Waals surface area contributed by atoms with Gasteiger partial charge < -0.3 is 10.8 Å². The third kappa shape index (κ3) is 4.43. The average molecular weight is 131 g/mol. The summed E-state index contributed by atoms with van der Waals surface area (Å²) in [6, 6.07) is 0. The van der Waals surface area contributed by atoms with Crippen molar-refractivity contribution < 1.29 is 5.11 Å².